The van der Waals surface area contributed by atoms with Gasteiger partial charge in [0.1, 0.15) is 29.6 Å². The first kappa shape index (κ1) is 22.6. The van der Waals surface area contributed by atoms with Gasteiger partial charge in [-0.3, -0.25) is 4.84 Å². The molecule has 2 heterocycles. The Bertz CT molecular complexity index is 979. The monoisotopic (exact) mass is 444 g/mol. The summed E-state index contributed by atoms with van der Waals surface area (Å²) < 4.78 is 28.1. The number of hydrogen-bond acceptors (Lipinski definition) is 10. The van der Waals surface area contributed by atoms with Crippen molar-refractivity contribution in [2.24, 2.45) is 5.73 Å². The van der Waals surface area contributed by atoms with Crippen molar-refractivity contribution in [3.05, 3.63) is 28.1 Å². The van der Waals surface area contributed by atoms with Crippen molar-refractivity contribution in [2.75, 3.05) is 18.7 Å². The maximum absolute atomic E-state index is 12.0. The van der Waals surface area contributed by atoms with Gasteiger partial charge in [-0.15, -0.1) is 0 Å². The molecule has 4 atom stereocenters. The van der Waals surface area contributed by atoms with Crippen molar-refractivity contribution in [1.29, 1.82) is 0 Å². The number of aliphatic hydroxyl groups excluding tert-OH is 1. The normalized spacial score (nSPS) is 26.0. The number of nitrogens with two attached hydrogens (primary N) is 1. The highest BCUT2D eigenvalue weighted by Gasteiger charge is 2.51. The van der Waals surface area contributed by atoms with Crippen molar-refractivity contribution in [3.63, 3.8) is 0 Å². The van der Waals surface area contributed by atoms with Gasteiger partial charge in [-0.2, -0.15) is 0 Å². The molecule has 1 saturated heterocycles. The second kappa shape index (κ2) is 8.58. The molecule has 5 N–H and O–H groups in total. The molecule has 0 radical (unpaired) electrons. The molecule has 1 fully saturated rings. The Labute approximate surface area is 177 Å². The first-order valence-corrected chi connectivity index (χ1v) is 9.57. The van der Waals surface area contributed by atoms with Crippen LogP contribution in [0, 0.1) is 6.92 Å². The van der Waals surface area contributed by atoms with Gasteiger partial charge < -0.3 is 39.3 Å². The van der Waals surface area contributed by atoms with E-state index in [0.717, 1.165) is 0 Å². The minimum Gasteiger partial charge on any atom is -0.505 e. The molecule has 10 nitrogen and oxygen atoms in total. The topological polar surface area (TPSA) is 146 Å². The van der Waals surface area contributed by atoms with Gasteiger partial charge in [0.2, 0.25) is 6.29 Å². The van der Waals surface area contributed by atoms with E-state index in [1.54, 1.807) is 26.8 Å². The van der Waals surface area contributed by atoms with Gasteiger partial charge in [0.15, 0.2) is 11.4 Å². The zero-order valence-electron chi connectivity index (χ0n) is 17.0. The second-order valence-electron chi connectivity index (χ2n) is 7.43. The third kappa shape index (κ3) is 3.82. The number of aromatic hydroxyl groups is 1. The third-order valence-corrected chi connectivity index (χ3v) is 5.34. The van der Waals surface area contributed by atoms with Crippen LogP contribution in [0.1, 0.15) is 19.4 Å². The molecule has 0 spiro atoms. The molecule has 1 aliphatic heterocycles. The highest BCUT2D eigenvalue weighted by molar-refractivity contribution is 6.24. The summed E-state index contributed by atoms with van der Waals surface area (Å²) >= 11 is 5.47. The van der Waals surface area contributed by atoms with Crippen molar-refractivity contribution in [1.82, 2.24) is 0 Å². The lowest BCUT2D eigenvalue weighted by atomic mass is 9.89. The van der Waals surface area contributed by atoms with Crippen LogP contribution in [0.4, 0.5) is 5.69 Å². The number of halogens is 1. The van der Waals surface area contributed by atoms with Gasteiger partial charge in [0, 0.05) is 24.4 Å². The molecule has 30 heavy (non-hydrogen) atoms. The maximum atomic E-state index is 12.0. The predicted molar refractivity (Wildman–Crippen MR) is 109 cm³/mol. The molecule has 0 unspecified atom stereocenters. The van der Waals surface area contributed by atoms with Gasteiger partial charge in [0.05, 0.1) is 17.7 Å². The molecular weight excluding hydrogens is 420 g/mol. The van der Waals surface area contributed by atoms with Gasteiger partial charge >= 0.3 is 5.63 Å². The van der Waals surface area contributed by atoms with E-state index in [9.17, 15) is 15.0 Å². The fourth-order valence-electron chi connectivity index (χ4n) is 3.68. The Morgan fingerprint density at radius 3 is 2.67 bits per heavy atom. The fraction of sp³-hybridized carbons (Fsp3) is 0.526. The summed E-state index contributed by atoms with van der Waals surface area (Å²) in [6.45, 7) is 5.07. The summed E-state index contributed by atoms with van der Waals surface area (Å²) in [4.78, 5) is 14.1. The van der Waals surface area contributed by atoms with Gasteiger partial charge in [-0.1, -0.05) is 0 Å². The quantitative estimate of drug-likeness (QED) is 0.294. The van der Waals surface area contributed by atoms with E-state index < -0.39 is 35.8 Å². The number of fused-ring (bicyclic) bond motifs is 1. The largest absolute Gasteiger partial charge is 0.505 e. The van der Waals surface area contributed by atoms with Crippen molar-refractivity contribution < 1.29 is 33.6 Å². The Morgan fingerprint density at radius 2 is 2.07 bits per heavy atom. The number of methoxy groups -OCH3 is 1. The molecular formula is C19H25ClN2O8. The zero-order valence-corrected chi connectivity index (χ0v) is 17.7. The van der Waals surface area contributed by atoms with Crippen LogP contribution < -0.4 is 20.9 Å². The van der Waals surface area contributed by atoms with Crippen LogP contribution in [0.15, 0.2) is 21.3 Å². The van der Waals surface area contributed by atoms with Crippen LogP contribution >= 0.6 is 11.8 Å². The number of benzene rings is 1. The lowest BCUT2D eigenvalue weighted by Gasteiger charge is -2.47. The number of ether oxygens (including phenoxy) is 4. The lowest BCUT2D eigenvalue weighted by molar-refractivity contribution is -0.312. The first-order valence-electron chi connectivity index (χ1n) is 9.19. The number of anilines is 1. The highest BCUT2D eigenvalue weighted by atomic mass is 35.5. The third-order valence-electron chi connectivity index (χ3n) is 5.15. The molecule has 3 rings (SSSR count). The van der Waals surface area contributed by atoms with Gasteiger partial charge in [-0.05, 0) is 32.9 Å². The van der Waals surface area contributed by atoms with E-state index in [-0.39, 0.29) is 34.9 Å². The minimum atomic E-state index is -1.22. The summed E-state index contributed by atoms with van der Waals surface area (Å²) in [6, 6.07) is 3.06. The fourth-order valence-corrected chi connectivity index (χ4v) is 3.84. The highest BCUT2D eigenvalue weighted by Crippen LogP contribution is 2.38. The van der Waals surface area contributed by atoms with Crippen molar-refractivity contribution >= 4 is 28.4 Å². The predicted octanol–water partition coefficient (Wildman–Crippen LogP) is 1.56. The minimum absolute atomic E-state index is 0.111. The average Bonchev–Trinajstić information content (AvgIpc) is 2.68. The summed E-state index contributed by atoms with van der Waals surface area (Å²) in [5, 5.41) is 21.3. The van der Waals surface area contributed by atoms with E-state index in [1.165, 1.54) is 13.2 Å². The maximum Gasteiger partial charge on any atom is 0.364 e. The summed E-state index contributed by atoms with van der Waals surface area (Å²) in [5.74, 6) is -0.0702. The average molecular weight is 445 g/mol. The molecule has 1 aromatic heterocycles. The summed E-state index contributed by atoms with van der Waals surface area (Å²) in [6.07, 6.45) is -3.73. The van der Waals surface area contributed by atoms with E-state index in [0.29, 0.717) is 5.56 Å². The molecule has 2 aromatic rings. The smallest absolute Gasteiger partial charge is 0.364 e. The van der Waals surface area contributed by atoms with Crippen LogP contribution in [-0.4, -0.2) is 54.3 Å². The standard InChI is InChI=1S/C19H25ClN2O8/c1-8-10(6-5-9-12(23)11(22-20)17(25)29-14(8)9)28-18-13(24)15(27-7-21)16(26-4)19(2,3)30-18/h5-6,13,15-16,18,22-24H,7,21H2,1-4H3/t13-,15+,16-,18-/m1/s1. The Balaban J connectivity index is 1.99. The SMILES string of the molecule is CO[C@@H]1[C@@H](OCN)[C@@H](O)[C@H](Oc2ccc3c(O)c(NCl)c(=O)oc3c2C)OC1(C)C. The molecule has 1 aromatic carbocycles. The Kier molecular flexibility index (Phi) is 6.46. The van der Waals surface area contributed by atoms with Gasteiger partial charge in [-0.25, -0.2) is 4.79 Å². The molecule has 166 valence electrons. The van der Waals surface area contributed by atoms with Crippen LogP contribution in [-0.2, 0) is 14.2 Å². The van der Waals surface area contributed by atoms with Crippen LogP contribution in [0.25, 0.3) is 11.0 Å². The summed E-state index contributed by atoms with van der Waals surface area (Å²) in [7, 11) is 1.49. The number of nitrogens with one attached hydrogen (secondary N) is 1. The van der Waals surface area contributed by atoms with Gasteiger partial charge in [0.25, 0.3) is 0 Å². The van der Waals surface area contributed by atoms with E-state index in [2.05, 4.69) is 4.84 Å². The molecule has 0 saturated carbocycles. The van der Waals surface area contributed by atoms with Crippen molar-refractivity contribution in [2.45, 2.75) is 51.0 Å². The van der Waals surface area contributed by atoms with Crippen LogP contribution in [0.3, 0.4) is 0 Å². The molecule has 11 heteroatoms. The number of aliphatic hydroxyl groups is 1. The van der Waals surface area contributed by atoms with Crippen molar-refractivity contribution in [3.8, 4) is 11.5 Å². The van der Waals surface area contributed by atoms with E-state index >= 15 is 0 Å². The van der Waals surface area contributed by atoms with Crippen LogP contribution in [0.5, 0.6) is 11.5 Å². The Morgan fingerprint density at radius 1 is 1.37 bits per heavy atom. The number of hydrogen-bond donors (Lipinski definition) is 4. The first-order chi connectivity index (χ1) is 14.2. The zero-order chi connectivity index (χ0) is 22.2. The molecule has 0 amide bonds. The molecule has 0 aliphatic carbocycles. The summed E-state index contributed by atoms with van der Waals surface area (Å²) in [5.41, 5.74) is 4.06. The number of aryl methyl sites for hydroxylation is 1. The Hall–Kier alpha value is -2.08. The second-order valence-corrected chi connectivity index (χ2v) is 7.61. The number of rotatable bonds is 6. The molecule has 1 aliphatic rings. The molecule has 0 bridgehead atoms. The van der Waals surface area contributed by atoms with E-state index in [4.69, 9.17) is 40.9 Å². The lowest BCUT2D eigenvalue weighted by Crippen LogP contribution is -2.64. The van der Waals surface area contributed by atoms with Crippen LogP contribution in [0.2, 0.25) is 0 Å². The van der Waals surface area contributed by atoms with E-state index in [1.807, 2.05) is 0 Å².